The Kier molecular flexibility index (Phi) is 6.61. The molecule has 2 aromatic carbocycles. The van der Waals surface area contributed by atoms with Crippen molar-refractivity contribution >= 4 is 38.1 Å². The van der Waals surface area contributed by atoms with E-state index < -0.39 is 4.92 Å². The highest BCUT2D eigenvalue weighted by Gasteiger charge is 2.12. The summed E-state index contributed by atoms with van der Waals surface area (Å²) in [6.07, 6.45) is 3.41. The van der Waals surface area contributed by atoms with Crippen LogP contribution < -0.4 is 14.2 Å². The molecule has 0 atom stereocenters. The number of hydrogen-bond donors (Lipinski definition) is 0. The first-order valence-electron chi connectivity index (χ1n) is 9.81. The molecule has 3 heterocycles. The van der Waals surface area contributed by atoms with E-state index in [-0.39, 0.29) is 5.00 Å². The Balaban J connectivity index is 0.000000165. The number of fused-ring (bicyclic) bond motifs is 2. The van der Waals surface area contributed by atoms with Crippen LogP contribution in [0.2, 0.25) is 0 Å². The number of aromatic nitrogens is 2. The van der Waals surface area contributed by atoms with E-state index in [2.05, 4.69) is 9.97 Å². The average molecular weight is 461 g/mol. The van der Waals surface area contributed by atoms with Crippen molar-refractivity contribution in [1.29, 1.82) is 0 Å². The standard InChI is InChI=1S/C13H8N2O3S.C11H11NO2/c16-15(17)12-5-6-13(19-12)18-11-7-8-14-10-4-2-1-3-9(10)11;1-13-10-6-8-4-3-5-12-9(8)7-11(10)14-2/h1-8H;3-7H,1-2H3. The van der Waals surface area contributed by atoms with Crippen molar-refractivity contribution < 1.29 is 19.1 Å². The molecule has 0 spiro atoms. The predicted molar refractivity (Wildman–Crippen MR) is 128 cm³/mol. The van der Waals surface area contributed by atoms with Gasteiger partial charge < -0.3 is 14.2 Å². The number of nitro groups is 1. The lowest BCUT2D eigenvalue weighted by atomic mass is 10.2. The van der Waals surface area contributed by atoms with E-state index in [1.807, 2.05) is 48.5 Å². The summed E-state index contributed by atoms with van der Waals surface area (Å²) < 4.78 is 16.1. The van der Waals surface area contributed by atoms with Crippen LogP contribution in [0.4, 0.5) is 5.00 Å². The molecule has 0 unspecified atom stereocenters. The zero-order chi connectivity index (χ0) is 23.2. The molecular weight excluding hydrogens is 442 g/mol. The van der Waals surface area contributed by atoms with Crippen LogP contribution in [0.25, 0.3) is 21.8 Å². The molecular formula is C24H19N3O5S. The third kappa shape index (κ3) is 4.99. The number of methoxy groups -OCH3 is 2. The molecule has 0 bridgehead atoms. The second-order valence-electron chi connectivity index (χ2n) is 6.68. The van der Waals surface area contributed by atoms with Gasteiger partial charge in [-0.3, -0.25) is 20.1 Å². The summed E-state index contributed by atoms with van der Waals surface area (Å²) in [4.78, 5) is 18.7. The fourth-order valence-electron chi connectivity index (χ4n) is 3.13. The van der Waals surface area contributed by atoms with E-state index in [0.717, 1.165) is 38.9 Å². The summed E-state index contributed by atoms with van der Waals surface area (Å²) in [6.45, 7) is 0. The zero-order valence-corrected chi connectivity index (χ0v) is 18.6. The Morgan fingerprint density at radius 1 is 0.818 bits per heavy atom. The van der Waals surface area contributed by atoms with Gasteiger partial charge in [0.15, 0.2) is 16.6 Å². The fraction of sp³-hybridized carbons (Fsp3) is 0.0833. The summed E-state index contributed by atoms with van der Waals surface area (Å²) in [5, 5.41) is 13.1. The molecule has 33 heavy (non-hydrogen) atoms. The van der Waals surface area contributed by atoms with Crippen molar-refractivity contribution in [2.24, 2.45) is 0 Å². The summed E-state index contributed by atoms with van der Waals surface area (Å²) >= 11 is 1.00. The molecule has 5 rings (SSSR count). The largest absolute Gasteiger partial charge is 0.493 e. The van der Waals surface area contributed by atoms with Gasteiger partial charge in [0.25, 0.3) is 0 Å². The normalized spacial score (nSPS) is 10.4. The number of pyridine rings is 2. The summed E-state index contributed by atoms with van der Waals surface area (Å²) in [6, 6.07) is 20.0. The smallest absolute Gasteiger partial charge is 0.327 e. The maximum absolute atomic E-state index is 10.6. The molecule has 0 N–H and O–H groups in total. The Bertz CT molecular complexity index is 1370. The quantitative estimate of drug-likeness (QED) is 0.225. The second-order valence-corrected chi connectivity index (χ2v) is 7.71. The minimum absolute atomic E-state index is 0.0633. The minimum atomic E-state index is -0.428. The van der Waals surface area contributed by atoms with Crippen LogP contribution in [0.3, 0.4) is 0 Å². The van der Waals surface area contributed by atoms with Gasteiger partial charge >= 0.3 is 5.00 Å². The average Bonchev–Trinajstić information content (AvgIpc) is 3.33. The molecule has 0 aliphatic carbocycles. The van der Waals surface area contributed by atoms with E-state index in [0.29, 0.717) is 16.6 Å². The maximum Gasteiger partial charge on any atom is 0.327 e. The molecule has 0 saturated carbocycles. The van der Waals surface area contributed by atoms with Crippen LogP contribution in [0, 0.1) is 10.1 Å². The first kappa shape index (κ1) is 22.0. The zero-order valence-electron chi connectivity index (χ0n) is 17.8. The number of hydrogen-bond acceptors (Lipinski definition) is 8. The summed E-state index contributed by atoms with van der Waals surface area (Å²) in [5.74, 6) is 2.08. The lowest BCUT2D eigenvalue weighted by Gasteiger charge is -2.08. The van der Waals surface area contributed by atoms with Gasteiger partial charge in [0.05, 0.1) is 30.2 Å². The van der Waals surface area contributed by atoms with E-state index in [1.165, 1.54) is 6.07 Å². The number of para-hydroxylation sites is 1. The van der Waals surface area contributed by atoms with Crippen LogP contribution >= 0.6 is 11.3 Å². The fourth-order valence-corrected chi connectivity index (χ4v) is 3.81. The maximum atomic E-state index is 10.6. The topological polar surface area (TPSA) is 96.6 Å². The predicted octanol–water partition coefficient (Wildman–Crippen LogP) is 6.25. The van der Waals surface area contributed by atoms with Crippen LogP contribution in [-0.4, -0.2) is 29.1 Å². The van der Waals surface area contributed by atoms with E-state index in [9.17, 15) is 10.1 Å². The Morgan fingerprint density at radius 3 is 2.33 bits per heavy atom. The number of nitrogens with zero attached hydrogens (tertiary/aromatic N) is 3. The van der Waals surface area contributed by atoms with Crippen LogP contribution in [-0.2, 0) is 0 Å². The molecule has 166 valence electrons. The summed E-state index contributed by atoms with van der Waals surface area (Å²) in [7, 11) is 3.24. The van der Waals surface area contributed by atoms with Gasteiger partial charge in [-0.2, -0.15) is 0 Å². The number of benzene rings is 2. The van der Waals surface area contributed by atoms with Gasteiger partial charge in [0, 0.05) is 35.3 Å². The highest BCUT2D eigenvalue weighted by Crippen LogP contribution is 2.36. The lowest BCUT2D eigenvalue weighted by molar-refractivity contribution is -0.380. The van der Waals surface area contributed by atoms with Gasteiger partial charge in [-0.15, -0.1) is 0 Å². The van der Waals surface area contributed by atoms with Crippen LogP contribution in [0.15, 0.2) is 79.1 Å². The van der Waals surface area contributed by atoms with Crippen molar-refractivity contribution in [2.75, 3.05) is 14.2 Å². The van der Waals surface area contributed by atoms with Gasteiger partial charge in [-0.25, -0.2) is 0 Å². The van der Waals surface area contributed by atoms with Crippen molar-refractivity contribution in [3.05, 3.63) is 89.2 Å². The third-order valence-electron chi connectivity index (χ3n) is 4.68. The molecule has 0 saturated heterocycles. The lowest BCUT2D eigenvalue weighted by Crippen LogP contribution is -1.90. The Hall–Kier alpha value is -4.24. The van der Waals surface area contributed by atoms with Gasteiger partial charge in [0.1, 0.15) is 5.75 Å². The molecule has 0 aliphatic heterocycles. The SMILES string of the molecule is COc1cc2cccnc2cc1OC.O=[N+]([O-])c1ccc(Oc2ccnc3ccccc23)s1. The van der Waals surface area contributed by atoms with Crippen molar-refractivity contribution in [1.82, 2.24) is 9.97 Å². The van der Waals surface area contributed by atoms with Gasteiger partial charge in [-0.1, -0.05) is 18.2 Å². The Labute approximate surface area is 193 Å². The van der Waals surface area contributed by atoms with Gasteiger partial charge in [-0.05, 0) is 47.7 Å². The van der Waals surface area contributed by atoms with E-state index in [4.69, 9.17) is 14.2 Å². The van der Waals surface area contributed by atoms with Crippen molar-refractivity contribution in [3.63, 3.8) is 0 Å². The molecule has 5 aromatic rings. The van der Waals surface area contributed by atoms with Crippen molar-refractivity contribution in [2.45, 2.75) is 0 Å². The highest BCUT2D eigenvalue weighted by molar-refractivity contribution is 7.17. The third-order valence-corrected chi connectivity index (χ3v) is 5.59. The van der Waals surface area contributed by atoms with Crippen LogP contribution in [0.5, 0.6) is 22.3 Å². The molecule has 0 fully saturated rings. The first-order valence-corrected chi connectivity index (χ1v) is 10.6. The van der Waals surface area contributed by atoms with Crippen LogP contribution in [0.1, 0.15) is 0 Å². The molecule has 0 aliphatic rings. The monoisotopic (exact) mass is 461 g/mol. The summed E-state index contributed by atoms with van der Waals surface area (Å²) in [5.41, 5.74) is 1.73. The number of ether oxygens (including phenoxy) is 3. The molecule has 9 heteroatoms. The molecule has 3 aromatic heterocycles. The van der Waals surface area contributed by atoms with Gasteiger partial charge in [0.2, 0.25) is 0 Å². The van der Waals surface area contributed by atoms with E-state index in [1.54, 1.807) is 38.7 Å². The number of rotatable bonds is 5. The second kappa shape index (κ2) is 9.92. The van der Waals surface area contributed by atoms with Crippen molar-refractivity contribution in [3.8, 4) is 22.3 Å². The molecule has 0 radical (unpaired) electrons. The minimum Gasteiger partial charge on any atom is -0.493 e. The molecule has 0 amide bonds. The molecule has 8 nitrogen and oxygen atoms in total. The Morgan fingerprint density at radius 2 is 1.58 bits per heavy atom. The highest BCUT2D eigenvalue weighted by atomic mass is 32.1. The van der Waals surface area contributed by atoms with E-state index >= 15 is 0 Å². The number of thiophene rings is 1. The first-order chi connectivity index (χ1) is 16.1.